The normalized spacial score (nSPS) is 11.8. The van der Waals surface area contributed by atoms with E-state index in [1.165, 1.54) is 11.3 Å². The van der Waals surface area contributed by atoms with Crippen LogP contribution in [-0.4, -0.2) is 29.3 Å². The van der Waals surface area contributed by atoms with Crippen LogP contribution in [0.2, 0.25) is 0 Å². The maximum atomic E-state index is 12.0. The van der Waals surface area contributed by atoms with E-state index in [1.807, 2.05) is 31.2 Å². The third-order valence-corrected chi connectivity index (χ3v) is 3.38. The van der Waals surface area contributed by atoms with Crippen molar-refractivity contribution >= 4 is 28.1 Å². The minimum atomic E-state index is -0.382. The lowest BCUT2D eigenvalue weighted by atomic mass is 10.2. The topological polar surface area (TPSA) is 76.1 Å². The molecule has 2 N–H and O–H groups in total. The third kappa shape index (κ3) is 3.67. The number of carbonyl (C=O) groups is 1. The van der Waals surface area contributed by atoms with E-state index in [0.29, 0.717) is 5.13 Å². The molecule has 1 aromatic heterocycles. The summed E-state index contributed by atoms with van der Waals surface area (Å²) in [7, 11) is 1.61. The number of anilines is 2. The number of benzene rings is 1. The van der Waals surface area contributed by atoms with Crippen molar-refractivity contribution in [2.45, 2.75) is 19.9 Å². The molecule has 1 amide bonds. The summed E-state index contributed by atoms with van der Waals surface area (Å²) in [5, 5.41) is 14.9. The van der Waals surface area contributed by atoms with Crippen LogP contribution in [0.3, 0.4) is 0 Å². The number of hydrogen-bond donors (Lipinski definition) is 2. The smallest absolute Gasteiger partial charge is 0.248 e. The monoisotopic (exact) mass is 292 g/mol. The van der Waals surface area contributed by atoms with Crippen molar-refractivity contribution < 1.29 is 9.53 Å². The zero-order valence-electron chi connectivity index (χ0n) is 11.5. The highest BCUT2D eigenvalue weighted by Gasteiger charge is 2.14. The van der Waals surface area contributed by atoms with Crippen LogP contribution in [0.25, 0.3) is 0 Å². The van der Waals surface area contributed by atoms with E-state index < -0.39 is 0 Å². The number of aryl methyl sites for hydroxylation is 1. The van der Waals surface area contributed by atoms with E-state index in [2.05, 4.69) is 20.8 Å². The molecule has 106 valence electrons. The van der Waals surface area contributed by atoms with Gasteiger partial charge in [0.2, 0.25) is 11.0 Å². The molecule has 1 heterocycles. The van der Waals surface area contributed by atoms with Crippen molar-refractivity contribution in [3.8, 4) is 5.75 Å². The second-order valence-corrected chi connectivity index (χ2v) is 5.39. The van der Waals surface area contributed by atoms with Crippen molar-refractivity contribution in [1.82, 2.24) is 10.2 Å². The Balaban J connectivity index is 1.92. The summed E-state index contributed by atoms with van der Waals surface area (Å²) in [6, 6.07) is 7.00. The van der Waals surface area contributed by atoms with Crippen LogP contribution in [0.1, 0.15) is 11.9 Å². The molecule has 0 saturated heterocycles. The van der Waals surface area contributed by atoms with Gasteiger partial charge in [0.25, 0.3) is 0 Å². The number of rotatable bonds is 5. The summed E-state index contributed by atoms with van der Waals surface area (Å²) in [6.07, 6.45) is 0. The van der Waals surface area contributed by atoms with Gasteiger partial charge in [-0.3, -0.25) is 10.1 Å². The molecule has 2 rings (SSSR count). The number of aromatic nitrogens is 2. The molecule has 0 aliphatic carbocycles. The van der Waals surface area contributed by atoms with Crippen LogP contribution >= 0.6 is 11.3 Å². The van der Waals surface area contributed by atoms with Gasteiger partial charge in [0.15, 0.2) is 0 Å². The van der Waals surface area contributed by atoms with E-state index in [-0.39, 0.29) is 11.9 Å². The number of carbonyl (C=O) groups excluding carboxylic acids is 1. The molecule has 20 heavy (non-hydrogen) atoms. The Bertz CT molecular complexity index is 582. The summed E-state index contributed by atoms with van der Waals surface area (Å²) >= 11 is 1.35. The fraction of sp³-hybridized carbons (Fsp3) is 0.308. The molecule has 0 saturated carbocycles. The SMILES string of the molecule is COc1ccc(N[C@H](C)C(=O)Nc2nnc(C)s2)cc1. The van der Waals surface area contributed by atoms with Gasteiger partial charge in [-0.25, -0.2) is 0 Å². The molecule has 1 aromatic carbocycles. The molecule has 0 bridgehead atoms. The average molecular weight is 292 g/mol. The molecule has 6 nitrogen and oxygen atoms in total. The predicted molar refractivity (Wildman–Crippen MR) is 79.4 cm³/mol. The van der Waals surface area contributed by atoms with E-state index in [9.17, 15) is 4.79 Å². The largest absolute Gasteiger partial charge is 0.497 e. The first-order valence-corrected chi connectivity index (χ1v) is 6.91. The Morgan fingerprint density at radius 2 is 2.00 bits per heavy atom. The van der Waals surface area contributed by atoms with E-state index in [0.717, 1.165) is 16.4 Å². The van der Waals surface area contributed by atoms with E-state index in [4.69, 9.17) is 4.74 Å². The van der Waals surface area contributed by atoms with Crippen LogP contribution in [0, 0.1) is 6.92 Å². The fourth-order valence-corrected chi connectivity index (χ4v) is 2.16. The molecule has 2 aromatic rings. The van der Waals surface area contributed by atoms with Gasteiger partial charge < -0.3 is 10.1 Å². The van der Waals surface area contributed by atoms with Crippen molar-refractivity contribution in [3.05, 3.63) is 29.3 Å². The number of nitrogens with zero attached hydrogens (tertiary/aromatic N) is 2. The highest BCUT2D eigenvalue weighted by molar-refractivity contribution is 7.15. The molecule has 0 aliphatic rings. The van der Waals surface area contributed by atoms with E-state index in [1.54, 1.807) is 14.0 Å². The number of amides is 1. The van der Waals surface area contributed by atoms with Crippen LogP contribution in [0.5, 0.6) is 5.75 Å². The van der Waals surface area contributed by atoms with Crippen LogP contribution in [0.4, 0.5) is 10.8 Å². The summed E-state index contributed by atoms with van der Waals surface area (Å²) in [5.41, 5.74) is 0.849. The number of hydrogen-bond acceptors (Lipinski definition) is 6. The first-order chi connectivity index (χ1) is 9.58. The lowest BCUT2D eigenvalue weighted by Gasteiger charge is -2.14. The van der Waals surface area contributed by atoms with Gasteiger partial charge in [-0.05, 0) is 38.1 Å². The Morgan fingerprint density at radius 1 is 1.30 bits per heavy atom. The Kier molecular flexibility index (Phi) is 4.52. The molecule has 0 unspecified atom stereocenters. The zero-order chi connectivity index (χ0) is 14.5. The Labute approximate surface area is 121 Å². The zero-order valence-corrected chi connectivity index (χ0v) is 12.3. The first kappa shape index (κ1) is 14.3. The number of methoxy groups -OCH3 is 1. The van der Waals surface area contributed by atoms with E-state index >= 15 is 0 Å². The Hall–Kier alpha value is -2.15. The van der Waals surface area contributed by atoms with Crippen LogP contribution in [0.15, 0.2) is 24.3 Å². The van der Waals surface area contributed by atoms with Gasteiger partial charge in [-0.2, -0.15) is 0 Å². The number of ether oxygens (including phenoxy) is 1. The molecule has 7 heteroatoms. The minimum absolute atomic E-state index is 0.156. The second kappa shape index (κ2) is 6.33. The summed E-state index contributed by atoms with van der Waals surface area (Å²) < 4.78 is 5.08. The lowest BCUT2D eigenvalue weighted by molar-refractivity contribution is -0.116. The maximum absolute atomic E-state index is 12.0. The molecule has 0 fully saturated rings. The van der Waals surface area contributed by atoms with Crippen LogP contribution < -0.4 is 15.4 Å². The summed E-state index contributed by atoms with van der Waals surface area (Å²) in [4.78, 5) is 12.0. The maximum Gasteiger partial charge on any atom is 0.248 e. The average Bonchev–Trinajstić information content (AvgIpc) is 2.85. The molecule has 0 spiro atoms. The van der Waals surface area contributed by atoms with Gasteiger partial charge in [0.1, 0.15) is 16.8 Å². The van der Waals surface area contributed by atoms with Crippen molar-refractivity contribution in [2.75, 3.05) is 17.7 Å². The highest BCUT2D eigenvalue weighted by atomic mass is 32.1. The summed E-state index contributed by atoms with van der Waals surface area (Å²) in [5.74, 6) is 0.619. The first-order valence-electron chi connectivity index (χ1n) is 6.10. The number of nitrogens with one attached hydrogen (secondary N) is 2. The Morgan fingerprint density at radius 3 is 2.55 bits per heavy atom. The fourth-order valence-electron chi connectivity index (χ4n) is 1.56. The van der Waals surface area contributed by atoms with Gasteiger partial charge in [-0.1, -0.05) is 11.3 Å². The van der Waals surface area contributed by atoms with Crippen LogP contribution in [-0.2, 0) is 4.79 Å². The molecular weight excluding hydrogens is 276 g/mol. The van der Waals surface area contributed by atoms with Crippen molar-refractivity contribution in [3.63, 3.8) is 0 Å². The van der Waals surface area contributed by atoms with Crippen molar-refractivity contribution in [2.24, 2.45) is 0 Å². The quantitative estimate of drug-likeness (QED) is 0.884. The standard InChI is InChI=1S/C13H16N4O2S/c1-8(12(18)15-13-17-16-9(2)20-13)14-10-4-6-11(19-3)7-5-10/h4-8,14H,1-3H3,(H,15,17,18)/t8-/m1/s1. The lowest BCUT2D eigenvalue weighted by Crippen LogP contribution is -2.31. The summed E-state index contributed by atoms with van der Waals surface area (Å²) in [6.45, 7) is 3.62. The predicted octanol–water partition coefficient (Wildman–Crippen LogP) is 2.29. The molecule has 0 aliphatic heterocycles. The van der Waals surface area contributed by atoms with Gasteiger partial charge in [0.05, 0.1) is 7.11 Å². The van der Waals surface area contributed by atoms with Gasteiger partial charge in [0, 0.05) is 5.69 Å². The van der Waals surface area contributed by atoms with Crippen molar-refractivity contribution in [1.29, 1.82) is 0 Å². The highest BCUT2D eigenvalue weighted by Crippen LogP contribution is 2.17. The third-order valence-electron chi connectivity index (χ3n) is 2.62. The molecular formula is C13H16N4O2S. The molecule has 1 atom stereocenters. The van der Waals surface area contributed by atoms with Gasteiger partial charge >= 0.3 is 0 Å². The molecule has 0 radical (unpaired) electrons. The van der Waals surface area contributed by atoms with Gasteiger partial charge in [-0.15, -0.1) is 10.2 Å². The second-order valence-electron chi connectivity index (χ2n) is 4.21. The minimum Gasteiger partial charge on any atom is -0.497 e.